The first-order valence-corrected chi connectivity index (χ1v) is 5.52. The van der Waals surface area contributed by atoms with E-state index in [0.29, 0.717) is 12.2 Å². The number of nitro groups is 1. The molecule has 0 heterocycles. The lowest BCUT2D eigenvalue weighted by Gasteiger charge is -2.09. The third-order valence-electron chi connectivity index (χ3n) is 0.853. The summed E-state index contributed by atoms with van der Waals surface area (Å²) >= 11 is 15.1. The molecule has 0 radical (unpaired) electrons. The van der Waals surface area contributed by atoms with Gasteiger partial charge in [-0.25, -0.2) is 0 Å². The van der Waals surface area contributed by atoms with Crippen LogP contribution < -0.4 is 0 Å². The van der Waals surface area contributed by atoms with Crippen molar-refractivity contribution in [3.8, 4) is 0 Å². The van der Waals surface area contributed by atoms with Crippen LogP contribution in [0.15, 0.2) is 0 Å². The van der Waals surface area contributed by atoms with Gasteiger partial charge in [-0.2, -0.15) is 0 Å². The summed E-state index contributed by atoms with van der Waals surface area (Å²) in [5.74, 6) is 0. The average molecular weight is 281 g/mol. The number of rotatable bonds is 3. The van der Waals surface area contributed by atoms with Crippen LogP contribution in [0.3, 0.4) is 0 Å². The van der Waals surface area contributed by atoms with Crippen LogP contribution >= 0.6 is 34.8 Å². The highest BCUT2D eigenvalue weighted by atomic mass is 35.6. The van der Waals surface area contributed by atoms with E-state index in [9.17, 15) is 10.1 Å². The van der Waals surface area contributed by atoms with Gasteiger partial charge in [-0.05, 0) is 27.7 Å². The molecule has 7 heteroatoms. The van der Waals surface area contributed by atoms with E-state index in [1.165, 1.54) is 0 Å². The number of alkyl halides is 3. The van der Waals surface area contributed by atoms with Gasteiger partial charge in [0.2, 0.25) is 6.54 Å². The molecule has 0 aliphatic rings. The fourth-order valence-electron chi connectivity index (χ4n) is 0.691. The summed E-state index contributed by atoms with van der Waals surface area (Å²) in [7, 11) is 0. The Labute approximate surface area is 105 Å². The van der Waals surface area contributed by atoms with Gasteiger partial charge in [-0.1, -0.05) is 34.8 Å². The summed E-state index contributed by atoms with van der Waals surface area (Å²) < 4.78 is 3.49. The van der Waals surface area contributed by atoms with E-state index in [1.54, 1.807) is 0 Å². The minimum Gasteiger partial charge on any atom is -0.376 e. The van der Waals surface area contributed by atoms with Gasteiger partial charge in [0.15, 0.2) is 0 Å². The fraction of sp³-hybridized carbons (Fsp3) is 1.00. The van der Waals surface area contributed by atoms with Gasteiger partial charge in [0.05, 0.1) is 12.2 Å². The van der Waals surface area contributed by atoms with Gasteiger partial charge in [0, 0.05) is 4.92 Å². The molecule has 0 aliphatic heterocycles. The largest absolute Gasteiger partial charge is 0.376 e. The Bertz CT molecular complexity index is 174. The van der Waals surface area contributed by atoms with Crippen molar-refractivity contribution in [1.82, 2.24) is 0 Å². The Kier molecular flexibility index (Phi) is 9.85. The molecule has 0 bridgehead atoms. The van der Waals surface area contributed by atoms with Crippen molar-refractivity contribution in [2.45, 2.75) is 43.7 Å². The van der Waals surface area contributed by atoms with E-state index in [1.807, 2.05) is 27.7 Å². The molecule has 0 fully saturated rings. The minimum absolute atomic E-state index is 0.375. The monoisotopic (exact) mass is 279 g/mol. The van der Waals surface area contributed by atoms with Gasteiger partial charge >= 0.3 is 0 Å². The van der Waals surface area contributed by atoms with Crippen LogP contribution in [0.5, 0.6) is 0 Å². The van der Waals surface area contributed by atoms with E-state index < -0.39 is 15.3 Å². The molecule has 0 saturated heterocycles. The third kappa shape index (κ3) is 25.0. The van der Waals surface area contributed by atoms with E-state index in [0.717, 1.165) is 0 Å². The van der Waals surface area contributed by atoms with E-state index >= 15 is 0 Å². The molecular weight excluding hydrogens is 264 g/mol. The Morgan fingerprint density at radius 2 is 1.53 bits per heavy atom. The number of hydrogen-bond donors (Lipinski definition) is 0. The molecule has 0 aromatic carbocycles. The second kappa shape index (κ2) is 8.39. The molecule has 92 valence electrons. The lowest BCUT2D eigenvalue weighted by molar-refractivity contribution is -0.478. The zero-order valence-electron chi connectivity index (χ0n) is 9.17. The molecule has 0 rings (SSSR count). The summed E-state index contributed by atoms with van der Waals surface area (Å²) in [6.45, 7) is 7.51. The number of nitrogens with zero attached hydrogens (tertiary/aromatic N) is 1. The number of ether oxygens (including phenoxy) is 1. The van der Waals surface area contributed by atoms with Gasteiger partial charge in [-0.3, -0.25) is 10.1 Å². The number of halogens is 3. The Balaban J connectivity index is 0. The quantitative estimate of drug-likeness (QED) is 0.452. The first kappa shape index (κ1) is 17.6. The average Bonchev–Trinajstić information content (AvgIpc) is 1.76. The Morgan fingerprint density at radius 3 is 1.53 bits per heavy atom. The van der Waals surface area contributed by atoms with Crippen molar-refractivity contribution < 1.29 is 9.66 Å². The molecule has 0 unspecified atom stereocenters. The first-order chi connectivity index (χ1) is 6.54. The van der Waals surface area contributed by atoms with Crippen LogP contribution in [-0.4, -0.2) is 27.5 Å². The van der Waals surface area contributed by atoms with Crippen LogP contribution in [0.1, 0.15) is 27.7 Å². The fourth-order valence-corrected chi connectivity index (χ4v) is 0.983. The normalized spacial score (nSPS) is 11.3. The molecule has 0 aliphatic carbocycles. The number of hydrogen-bond acceptors (Lipinski definition) is 3. The summed E-state index contributed by atoms with van der Waals surface area (Å²) in [6, 6.07) is 0. The molecule has 0 aromatic heterocycles. The molecule has 0 atom stereocenters. The third-order valence-corrected chi connectivity index (χ3v) is 1.21. The summed E-state index contributed by atoms with van der Waals surface area (Å²) in [5, 5.41) is 9.57. The first-order valence-electron chi connectivity index (χ1n) is 4.38. The van der Waals surface area contributed by atoms with Crippen LogP contribution in [-0.2, 0) is 4.74 Å². The smallest absolute Gasteiger partial charge is 0.254 e. The van der Waals surface area contributed by atoms with Gasteiger partial charge in [0.1, 0.15) is 0 Å². The summed E-state index contributed by atoms with van der Waals surface area (Å²) in [4.78, 5) is 8.88. The molecular formula is C8H16Cl3NO3. The van der Waals surface area contributed by atoms with Crippen LogP contribution in [0.2, 0.25) is 0 Å². The highest BCUT2D eigenvalue weighted by Gasteiger charge is 2.26. The SMILES string of the molecule is CC(C)OC(C)C.O=[N+]([O-])CC(Cl)(Cl)Cl. The predicted molar refractivity (Wildman–Crippen MR) is 63.5 cm³/mol. The van der Waals surface area contributed by atoms with E-state index in [4.69, 9.17) is 39.5 Å². The molecule has 0 N–H and O–H groups in total. The molecule has 0 saturated carbocycles. The lowest BCUT2D eigenvalue weighted by atomic mass is 10.4. The van der Waals surface area contributed by atoms with Crippen molar-refractivity contribution in [1.29, 1.82) is 0 Å². The van der Waals surface area contributed by atoms with Crippen LogP contribution in [0.4, 0.5) is 0 Å². The van der Waals surface area contributed by atoms with E-state index in [2.05, 4.69) is 0 Å². The second-order valence-electron chi connectivity index (χ2n) is 3.34. The second-order valence-corrected chi connectivity index (χ2v) is 5.86. The topological polar surface area (TPSA) is 52.4 Å². The highest BCUT2D eigenvalue weighted by Crippen LogP contribution is 2.25. The van der Waals surface area contributed by atoms with Gasteiger partial charge < -0.3 is 4.74 Å². The van der Waals surface area contributed by atoms with Crippen LogP contribution in [0.25, 0.3) is 0 Å². The van der Waals surface area contributed by atoms with Crippen molar-refractivity contribution in [2.24, 2.45) is 0 Å². The van der Waals surface area contributed by atoms with Gasteiger partial charge in [0.25, 0.3) is 3.79 Å². The van der Waals surface area contributed by atoms with Crippen molar-refractivity contribution in [2.75, 3.05) is 6.54 Å². The maximum atomic E-state index is 9.57. The predicted octanol–water partition coefficient (Wildman–Crippen LogP) is 3.45. The lowest BCUT2D eigenvalue weighted by Crippen LogP contribution is -2.17. The van der Waals surface area contributed by atoms with Crippen molar-refractivity contribution in [3.63, 3.8) is 0 Å². The van der Waals surface area contributed by atoms with Gasteiger partial charge in [-0.15, -0.1) is 0 Å². The van der Waals surface area contributed by atoms with Crippen molar-refractivity contribution >= 4 is 34.8 Å². The Morgan fingerprint density at radius 1 is 1.20 bits per heavy atom. The summed E-state index contributed by atoms with van der Waals surface area (Å²) in [6.07, 6.45) is 0.750. The highest BCUT2D eigenvalue weighted by molar-refractivity contribution is 6.67. The molecule has 0 aromatic rings. The maximum absolute atomic E-state index is 9.57. The zero-order chi connectivity index (χ0) is 12.6. The Hall–Kier alpha value is 0.230. The molecule has 15 heavy (non-hydrogen) atoms. The molecule has 0 spiro atoms. The van der Waals surface area contributed by atoms with Crippen LogP contribution in [0, 0.1) is 10.1 Å². The minimum atomic E-state index is -1.76. The zero-order valence-corrected chi connectivity index (χ0v) is 11.4. The summed E-state index contributed by atoms with van der Waals surface area (Å²) in [5.41, 5.74) is 0. The molecule has 4 nitrogen and oxygen atoms in total. The van der Waals surface area contributed by atoms with Crippen molar-refractivity contribution in [3.05, 3.63) is 10.1 Å². The molecule has 0 amide bonds. The maximum Gasteiger partial charge on any atom is 0.254 e. The van der Waals surface area contributed by atoms with E-state index in [-0.39, 0.29) is 0 Å². The standard InChI is InChI=1S/C6H14O.C2H2Cl3NO2/c1-5(2)7-6(3)4;3-2(4,5)1-6(7)8/h5-6H,1-4H3;1H2.